The lowest BCUT2D eigenvalue weighted by molar-refractivity contribution is -0.139. The summed E-state index contributed by atoms with van der Waals surface area (Å²) >= 11 is 0. The van der Waals surface area contributed by atoms with Crippen molar-refractivity contribution in [2.24, 2.45) is 0 Å². The molecule has 0 spiro atoms. The smallest absolute Gasteiger partial charge is 0.309 e. The van der Waals surface area contributed by atoms with Gasteiger partial charge >= 0.3 is 5.97 Å². The zero-order valence-corrected chi connectivity index (χ0v) is 12.8. The average Bonchev–Trinajstić information content (AvgIpc) is 2.80. The first-order chi connectivity index (χ1) is 10.0. The van der Waals surface area contributed by atoms with Crippen molar-refractivity contribution >= 4 is 11.7 Å². The molecule has 1 aromatic heterocycles. The fourth-order valence-electron chi connectivity index (χ4n) is 2.47. The standard InChI is InChI=1S/C16H20N2O3/c1-11-16(12(2)21-17-11)18(3)10-14-8-6-5-7-13(14)9-15(19)20-4/h5-8H,9-10H2,1-4H3. The summed E-state index contributed by atoms with van der Waals surface area (Å²) in [4.78, 5) is 13.6. The van der Waals surface area contributed by atoms with Crippen LogP contribution in [0.2, 0.25) is 0 Å². The van der Waals surface area contributed by atoms with E-state index in [9.17, 15) is 4.79 Å². The zero-order chi connectivity index (χ0) is 15.4. The van der Waals surface area contributed by atoms with Gasteiger partial charge in [-0.2, -0.15) is 0 Å². The molecule has 0 atom stereocenters. The second-order valence-electron chi connectivity index (χ2n) is 5.05. The van der Waals surface area contributed by atoms with Gasteiger partial charge in [-0.25, -0.2) is 0 Å². The van der Waals surface area contributed by atoms with E-state index in [1.807, 2.05) is 45.2 Å². The molecule has 112 valence electrons. The van der Waals surface area contributed by atoms with Crippen LogP contribution in [0.3, 0.4) is 0 Å². The first-order valence-corrected chi connectivity index (χ1v) is 6.80. The van der Waals surface area contributed by atoms with Crippen molar-refractivity contribution in [2.75, 3.05) is 19.1 Å². The molecule has 0 aliphatic carbocycles. The van der Waals surface area contributed by atoms with Crippen LogP contribution in [0.1, 0.15) is 22.6 Å². The number of nitrogens with zero attached hydrogens (tertiary/aromatic N) is 2. The Morgan fingerprint density at radius 3 is 2.52 bits per heavy atom. The summed E-state index contributed by atoms with van der Waals surface area (Å²) in [5, 5.41) is 3.97. The van der Waals surface area contributed by atoms with Gasteiger partial charge in [0, 0.05) is 13.6 Å². The van der Waals surface area contributed by atoms with Crippen LogP contribution in [0.15, 0.2) is 28.8 Å². The largest absolute Gasteiger partial charge is 0.469 e. The van der Waals surface area contributed by atoms with E-state index in [4.69, 9.17) is 9.26 Å². The number of hydrogen-bond donors (Lipinski definition) is 0. The molecule has 1 aromatic carbocycles. The number of methoxy groups -OCH3 is 1. The third kappa shape index (κ3) is 3.42. The first-order valence-electron chi connectivity index (χ1n) is 6.80. The number of esters is 1. The van der Waals surface area contributed by atoms with E-state index in [2.05, 4.69) is 10.1 Å². The topological polar surface area (TPSA) is 55.6 Å². The van der Waals surface area contributed by atoms with Crippen LogP contribution < -0.4 is 4.90 Å². The zero-order valence-electron chi connectivity index (χ0n) is 12.8. The van der Waals surface area contributed by atoms with Crippen molar-refractivity contribution in [3.05, 3.63) is 46.8 Å². The molecule has 5 heteroatoms. The highest BCUT2D eigenvalue weighted by molar-refractivity contribution is 5.73. The van der Waals surface area contributed by atoms with Crippen molar-refractivity contribution in [3.8, 4) is 0 Å². The highest BCUT2D eigenvalue weighted by Crippen LogP contribution is 2.25. The molecular weight excluding hydrogens is 268 g/mol. The molecule has 0 radical (unpaired) electrons. The molecule has 2 aromatic rings. The average molecular weight is 288 g/mol. The molecule has 0 amide bonds. The molecule has 0 unspecified atom stereocenters. The van der Waals surface area contributed by atoms with E-state index >= 15 is 0 Å². The lowest BCUT2D eigenvalue weighted by Gasteiger charge is -2.20. The van der Waals surface area contributed by atoms with Gasteiger partial charge in [-0.1, -0.05) is 29.4 Å². The van der Waals surface area contributed by atoms with Crippen molar-refractivity contribution in [3.63, 3.8) is 0 Å². The number of ether oxygens (including phenoxy) is 1. The van der Waals surface area contributed by atoms with E-state index in [0.717, 1.165) is 28.3 Å². The minimum Gasteiger partial charge on any atom is -0.469 e. The number of aryl methyl sites for hydroxylation is 2. The minimum absolute atomic E-state index is 0.234. The Morgan fingerprint density at radius 1 is 1.29 bits per heavy atom. The molecule has 2 rings (SSSR count). The summed E-state index contributed by atoms with van der Waals surface area (Å²) in [6.45, 7) is 4.49. The monoisotopic (exact) mass is 288 g/mol. The van der Waals surface area contributed by atoms with Crippen LogP contribution in [-0.4, -0.2) is 25.3 Å². The Balaban J connectivity index is 2.21. The summed E-state index contributed by atoms with van der Waals surface area (Å²) in [6.07, 6.45) is 0.280. The van der Waals surface area contributed by atoms with E-state index in [1.165, 1.54) is 7.11 Å². The number of carbonyl (C=O) groups excluding carboxylic acids is 1. The number of anilines is 1. The third-order valence-electron chi connectivity index (χ3n) is 3.47. The predicted octanol–water partition coefficient (Wildman–Crippen LogP) is 2.64. The Hall–Kier alpha value is -2.30. The molecule has 0 saturated heterocycles. The number of rotatable bonds is 5. The fourth-order valence-corrected chi connectivity index (χ4v) is 2.47. The number of benzene rings is 1. The summed E-state index contributed by atoms with van der Waals surface area (Å²) in [5.41, 5.74) is 3.91. The van der Waals surface area contributed by atoms with Crippen molar-refractivity contribution in [1.29, 1.82) is 0 Å². The Kier molecular flexibility index (Phi) is 4.62. The summed E-state index contributed by atoms with van der Waals surface area (Å²) < 4.78 is 9.95. The SMILES string of the molecule is COC(=O)Cc1ccccc1CN(C)c1c(C)noc1C. The van der Waals surface area contributed by atoms with Crippen LogP contribution in [0.25, 0.3) is 0 Å². The molecule has 21 heavy (non-hydrogen) atoms. The molecule has 1 heterocycles. The second-order valence-corrected chi connectivity index (χ2v) is 5.05. The highest BCUT2D eigenvalue weighted by atomic mass is 16.5. The van der Waals surface area contributed by atoms with E-state index < -0.39 is 0 Å². The van der Waals surface area contributed by atoms with E-state index in [0.29, 0.717) is 6.54 Å². The number of hydrogen-bond acceptors (Lipinski definition) is 5. The highest BCUT2D eigenvalue weighted by Gasteiger charge is 2.15. The predicted molar refractivity (Wildman–Crippen MR) is 80.2 cm³/mol. The summed E-state index contributed by atoms with van der Waals surface area (Å²) in [7, 11) is 3.39. The number of aromatic nitrogens is 1. The molecule has 0 bridgehead atoms. The first kappa shape index (κ1) is 15.1. The maximum atomic E-state index is 11.5. The summed E-state index contributed by atoms with van der Waals surface area (Å²) in [5.74, 6) is 0.558. The lowest BCUT2D eigenvalue weighted by Crippen LogP contribution is -2.19. The Labute approximate surface area is 124 Å². The van der Waals surface area contributed by atoms with Gasteiger partial charge in [-0.3, -0.25) is 4.79 Å². The molecule has 0 aliphatic heterocycles. The maximum Gasteiger partial charge on any atom is 0.309 e. The lowest BCUT2D eigenvalue weighted by atomic mass is 10.0. The quantitative estimate of drug-likeness (QED) is 0.792. The van der Waals surface area contributed by atoms with Crippen molar-refractivity contribution < 1.29 is 14.1 Å². The molecule has 0 aliphatic rings. The Morgan fingerprint density at radius 2 is 1.95 bits per heavy atom. The fraction of sp³-hybridized carbons (Fsp3) is 0.375. The molecule has 0 saturated carbocycles. The van der Waals surface area contributed by atoms with Gasteiger partial charge in [0.05, 0.1) is 13.5 Å². The van der Waals surface area contributed by atoms with Gasteiger partial charge in [-0.15, -0.1) is 0 Å². The van der Waals surface area contributed by atoms with Crippen molar-refractivity contribution in [2.45, 2.75) is 26.8 Å². The molecule has 0 N–H and O–H groups in total. The van der Waals surface area contributed by atoms with Crippen LogP contribution in [0, 0.1) is 13.8 Å². The van der Waals surface area contributed by atoms with Gasteiger partial charge in [0.25, 0.3) is 0 Å². The normalized spacial score (nSPS) is 10.5. The molecular formula is C16H20N2O3. The third-order valence-corrected chi connectivity index (χ3v) is 3.47. The van der Waals surface area contributed by atoms with Crippen LogP contribution in [0.5, 0.6) is 0 Å². The second kappa shape index (κ2) is 6.43. The van der Waals surface area contributed by atoms with E-state index in [-0.39, 0.29) is 12.4 Å². The van der Waals surface area contributed by atoms with Crippen LogP contribution in [0.4, 0.5) is 5.69 Å². The van der Waals surface area contributed by atoms with Crippen LogP contribution in [-0.2, 0) is 22.5 Å². The van der Waals surface area contributed by atoms with E-state index in [1.54, 1.807) is 0 Å². The molecule has 0 fully saturated rings. The van der Waals surface area contributed by atoms with Gasteiger partial charge in [0.1, 0.15) is 11.4 Å². The van der Waals surface area contributed by atoms with Gasteiger partial charge < -0.3 is 14.2 Å². The summed E-state index contributed by atoms with van der Waals surface area (Å²) in [6, 6.07) is 7.87. The van der Waals surface area contributed by atoms with Gasteiger partial charge in [0.15, 0.2) is 5.76 Å². The van der Waals surface area contributed by atoms with Crippen LogP contribution >= 0.6 is 0 Å². The van der Waals surface area contributed by atoms with Gasteiger partial charge in [-0.05, 0) is 25.0 Å². The minimum atomic E-state index is -0.234. The maximum absolute atomic E-state index is 11.5. The van der Waals surface area contributed by atoms with Gasteiger partial charge in [0.2, 0.25) is 0 Å². The van der Waals surface area contributed by atoms with Crippen molar-refractivity contribution in [1.82, 2.24) is 5.16 Å². The molecule has 5 nitrogen and oxygen atoms in total. The number of carbonyl (C=O) groups is 1. The Bertz CT molecular complexity index is 615.